The molecule has 1 aromatic heterocycles. The number of aromatic carboxylic acids is 1. The number of benzene rings is 1. The van der Waals surface area contributed by atoms with Gasteiger partial charge in [-0.2, -0.15) is 0 Å². The van der Waals surface area contributed by atoms with Gasteiger partial charge in [-0.1, -0.05) is 6.92 Å². The van der Waals surface area contributed by atoms with Gasteiger partial charge in [0.1, 0.15) is 11.9 Å². The molecule has 0 amide bonds. The number of rotatable bonds is 5. The van der Waals surface area contributed by atoms with Crippen molar-refractivity contribution in [1.82, 2.24) is 4.98 Å². The summed E-state index contributed by atoms with van der Waals surface area (Å²) in [7, 11) is 0. The van der Waals surface area contributed by atoms with Gasteiger partial charge < -0.3 is 15.6 Å². The van der Waals surface area contributed by atoms with Crippen molar-refractivity contribution < 1.29 is 19.0 Å². The van der Waals surface area contributed by atoms with Gasteiger partial charge in [-0.3, -0.25) is 0 Å². The first-order chi connectivity index (χ1) is 10.4. The van der Waals surface area contributed by atoms with Crippen LogP contribution in [-0.2, 0) is 0 Å². The summed E-state index contributed by atoms with van der Waals surface area (Å²) in [6.45, 7) is 1.81. The van der Waals surface area contributed by atoms with Crippen molar-refractivity contribution in [3.05, 3.63) is 51.9 Å². The lowest BCUT2D eigenvalue weighted by molar-refractivity contribution is 0.0690. The quantitative estimate of drug-likeness (QED) is 0.838. The fraction of sp³-hybridized carbons (Fsp3) is 0.200. The van der Waals surface area contributed by atoms with E-state index in [1.807, 2.05) is 6.92 Å². The summed E-state index contributed by atoms with van der Waals surface area (Å²) in [6, 6.07) is 5.13. The molecule has 0 aliphatic rings. The van der Waals surface area contributed by atoms with E-state index >= 15 is 0 Å². The van der Waals surface area contributed by atoms with E-state index in [9.17, 15) is 14.3 Å². The summed E-state index contributed by atoms with van der Waals surface area (Å²) in [5.41, 5.74) is 6.00. The van der Waals surface area contributed by atoms with Crippen molar-refractivity contribution in [2.45, 2.75) is 19.4 Å². The van der Waals surface area contributed by atoms with Crippen LogP contribution in [0.15, 0.2) is 34.9 Å². The molecular weight excluding hydrogens is 355 g/mol. The summed E-state index contributed by atoms with van der Waals surface area (Å²) in [5.74, 6) is -1.18. The Morgan fingerprint density at radius 2 is 2.23 bits per heavy atom. The van der Waals surface area contributed by atoms with E-state index in [2.05, 4.69) is 20.9 Å². The molecule has 22 heavy (non-hydrogen) atoms. The first-order valence-electron chi connectivity index (χ1n) is 6.52. The van der Waals surface area contributed by atoms with Gasteiger partial charge in [-0.05, 0) is 46.6 Å². The minimum absolute atomic E-state index is 0.00484. The molecule has 0 spiro atoms. The third-order valence-electron chi connectivity index (χ3n) is 3.08. The van der Waals surface area contributed by atoms with Crippen LogP contribution >= 0.6 is 15.9 Å². The monoisotopic (exact) mass is 368 g/mol. The molecule has 1 atom stereocenters. The average molecular weight is 369 g/mol. The van der Waals surface area contributed by atoms with E-state index in [-0.39, 0.29) is 16.9 Å². The number of hydrogen-bond acceptors (Lipinski definition) is 4. The fourth-order valence-electron chi connectivity index (χ4n) is 2.04. The second-order valence-corrected chi connectivity index (χ2v) is 5.50. The normalized spacial score (nSPS) is 12.0. The molecule has 3 N–H and O–H groups in total. The second-order valence-electron chi connectivity index (χ2n) is 4.59. The number of carboxylic acid groups (broad SMARTS) is 1. The summed E-state index contributed by atoms with van der Waals surface area (Å²) in [5, 5.41) is 9.24. The van der Waals surface area contributed by atoms with Gasteiger partial charge in [-0.25, -0.2) is 14.2 Å². The van der Waals surface area contributed by atoms with E-state index in [1.165, 1.54) is 18.3 Å². The molecule has 1 unspecified atom stereocenters. The van der Waals surface area contributed by atoms with Gasteiger partial charge in [0.05, 0.1) is 5.56 Å². The van der Waals surface area contributed by atoms with Crippen molar-refractivity contribution in [2.24, 2.45) is 0 Å². The van der Waals surface area contributed by atoms with Crippen molar-refractivity contribution >= 4 is 27.7 Å². The van der Waals surface area contributed by atoms with E-state index in [0.717, 1.165) is 6.07 Å². The Balaban J connectivity index is 2.42. The topological polar surface area (TPSA) is 85.4 Å². The molecule has 0 aliphatic heterocycles. The number of carbonyl (C=O) groups is 1. The molecule has 0 fully saturated rings. The van der Waals surface area contributed by atoms with Crippen LogP contribution in [0.2, 0.25) is 0 Å². The average Bonchev–Trinajstić information content (AvgIpc) is 2.47. The molecule has 1 aromatic carbocycles. The first-order valence-corrected chi connectivity index (χ1v) is 7.32. The lowest BCUT2D eigenvalue weighted by atomic mass is 10.00. The SMILES string of the molecule is CCC(Oc1cc(Br)cnc1N)c1cc(F)ccc1C(=O)O. The van der Waals surface area contributed by atoms with Crippen LogP contribution in [0.1, 0.15) is 35.4 Å². The highest BCUT2D eigenvalue weighted by atomic mass is 79.9. The molecule has 2 rings (SSSR count). The van der Waals surface area contributed by atoms with Crippen LogP contribution in [-0.4, -0.2) is 16.1 Å². The number of pyridine rings is 1. The van der Waals surface area contributed by atoms with Gasteiger partial charge >= 0.3 is 5.97 Å². The highest BCUT2D eigenvalue weighted by Gasteiger charge is 2.21. The number of nitrogen functional groups attached to an aromatic ring is 1. The summed E-state index contributed by atoms with van der Waals surface area (Å²) < 4.78 is 19.9. The van der Waals surface area contributed by atoms with Gasteiger partial charge in [0, 0.05) is 16.2 Å². The Kier molecular flexibility index (Phi) is 4.97. The van der Waals surface area contributed by atoms with E-state index < -0.39 is 17.9 Å². The van der Waals surface area contributed by atoms with E-state index in [4.69, 9.17) is 10.5 Å². The highest BCUT2D eigenvalue weighted by molar-refractivity contribution is 9.10. The van der Waals surface area contributed by atoms with E-state index in [1.54, 1.807) is 6.07 Å². The summed E-state index contributed by atoms with van der Waals surface area (Å²) in [6.07, 6.45) is 1.31. The number of hydrogen-bond donors (Lipinski definition) is 2. The molecule has 5 nitrogen and oxygen atoms in total. The van der Waals surface area contributed by atoms with Gasteiger partial charge in [0.25, 0.3) is 0 Å². The van der Waals surface area contributed by atoms with Crippen molar-refractivity contribution in [2.75, 3.05) is 5.73 Å². The Bertz CT molecular complexity index is 709. The largest absolute Gasteiger partial charge is 0.482 e. The third-order valence-corrected chi connectivity index (χ3v) is 3.51. The molecule has 7 heteroatoms. The first kappa shape index (κ1) is 16.2. The standard InChI is InChI=1S/C15H14BrFN2O3/c1-2-12(22-13-5-8(16)7-19-14(13)18)11-6-9(17)3-4-10(11)15(20)21/h3-7,12H,2H2,1H3,(H2,18,19)(H,20,21). The molecule has 116 valence electrons. The zero-order valence-corrected chi connectivity index (χ0v) is 13.3. The van der Waals surface area contributed by atoms with Crippen molar-refractivity contribution in [3.63, 3.8) is 0 Å². The highest BCUT2D eigenvalue weighted by Crippen LogP contribution is 2.31. The molecule has 0 bridgehead atoms. The van der Waals surface area contributed by atoms with Crippen LogP contribution < -0.4 is 10.5 Å². The molecule has 1 heterocycles. The predicted molar refractivity (Wildman–Crippen MR) is 83.4 cm³/mol. The lowest BCUT2D eigenvalue weighted by Crippen LogP contribution is -2.13. The van der Waals surface area contributed by atoms with Crippen molar-refractivity contribution in [1.29, 1.82) is 0 Å². The number of anilines is 1. The number of halogens is 2. The molecule has 0 saturated heterocycles. The molecule has 0 aliphatic carbocycles. The Morgan fingerprint density at radius 1 is 1.50 bits per heavy atom. The Hall–Kier alpha value is -2.15. The zero-order chi connectivity index (χ0) is 16.3. The van der Waals surface area contributed by atoms with Crippen LogP contribution in [0.4, 0.5) is 10.2 Å². The fourth-order valence-corrected chi connectivity index (χ4v) is 2.35. The Labute approximate surface area is 135 Å². The number of nitrogens with zero attached hydrogens (tertiary/aromatic N) is 1. The molecule has 0 radical (unpaired) electrons. The maximum absolute atomic E-state index is 13.5. The number of carboxylic acids is 1. The molecule has 0 saturated carbocycles. The zero-order valence-electron chi connectivity index (χ0n) is 11.7. The maximum Gasteiger partial charge on any atom is 0.336 e. The van der Waals surface area contributed by atoms with Crippen LogP contribution in [0, 0.1) is 5.82 Å². The smallest absolute Gasteiger partial charge is 0.336 e. The van der Waals surface area contributed by atoms with Gasteiger partial charge in [0.15, 0.2) is 11.6 Å². The minimum Gasteiger partial charge on any atom is -0.482 e. The Morgan fingerprint density at radius 3 is 2.86 bits per heavy atom. The van der Waals surface area contributed by atoms with Crippen LogP contribution in [0.25, 0.3) is 0 Å². The summed E-state index contributed by atoms with van der Waals surface area (Å²) in [4.78, 5) is 15.3. The molecular formula is C15H14BrFN2O3. The third kappa shape index (κ3) is 3.54. The van der Waals surface area contributed by atoms with Crippen LogP contribution in [0.3, 0.4) is 0 Å². The summed E-state index contributed by atoms with van der Waals surface area (Å²) >= 11 is 3.26. The van der Waals surface area contributed by atoms with Crippen LogP contribution in [0.5, 0.6) is 5.75 Å². The number of aromatic nitrogens is 1. The number of ether oxygens (including phenoxy) is 1. The number of nitrogens with two attached hydrogens (primary N) is 1. The van der Waals surface area contributed by atoms with E-state index in [0.29, 0.717) is 16.6 Å². The molecule has 2 aromatic rings. The predicted octanol–water partition coefficient (Wildman–Crippen LogP) is 3.79. The van der Waals surface area contributed by atoms with Crippen molar-refractivity contribution in [3.8, 4) is 5.75 Å². The second kappa shape index (κ2) is 6.74. The minimum atomic E-state index is -1.14. The maximum atomic E-state index is 13.5. The lowest BCUT2D eigenvalue weighted by Gasteiger charge is -2.20. The van der Waals surface area contributed by atoms with Gasteiger partial charge in [0.2, 0.25) is 0 Å². The van der Waals surface area contributed by atoms with Gasteiger partial charge in [-0.15, -0.1) is 0 Å².